The minimum absolute atomic E-state index is 0.136. The second kappa shape index (κ2) is 7.82. The molecule has 0 radical (unpaired) electrons. The van der Waals surface area contributed by atoms with Crippen LogP contribution in [0.5, 0.6) is 0 Å². The molecule has 1 aliphatic rings. The zero-order valence-corrected chi connectivity index (χ0v) is 16.5. The number of hydrogen-bond acceptors (Lipinski definition) is 7. The summed E-state index contributed by atoms with van der Waals surface area (Å²) in [6, 6.07) is 17.1. The summed E-state index contributed by atoms with van der Waals surface area (Å²) in [4.78, 5) is 20.4. The molecule has 0 spiro atoms. The second-order valence-corrected chi connectivity index (χ2v) is 7.87. The fourth-order valence-corrected chi connectivity index (χ4v) is 4.32. The molecule has 0 aliphatic carbocycles. The van der Waals surface area contributed by atoms with Crippen LogP contribution in [-0.4, -0.2) is 51.0 Å². The Morgan fingerprint density at radius 2 is 1.72 bits per heavy atom. The number of para-hydroxylation sites is 1. The zero-order valence-electron chi connectivity index (χ0n) is 15.7. The van der Waals surface area contributed by atoms with Crippen molar-refractivity contribution < 1.29 is 4.74 Å². The lowest BCUT2D eigenvalue weighted by Gasteiger charge is -2.25. The lowest BCUT2D eigenvalue weighted by molar-refractivity contribution is 0.0341. The molecule has 146 valence electrons. The maximum Gasteiger partial charge on any atom is 0.268 e. The number of nitrogens with zero attached hydrogens (tertiary/aromatic N) is 5. The summed E-state index contributed by atoms with van der Waals surface area (Å²) in [7, 11) is 0. The zero-order chi connectivity index (χ0) is 19.6. The molecule has 0 saturated carbocycles. The standard InChI is InChI=1S/C21H19N5O2S/c27-20-16-8-4-5-9-17(16)22-19(15-6-2-1-3-7-15)26(20)21-24-23-18(29-21)14-25-10-12-28-13-11-25/h1-9H,10-14H2. The molecular weight excluding hydrogens is 386 g/mol. The molecule has 5 rings (SSSR count). The number of fused-ring (bicyclic) bond motifs is 1. The maximum absolute atomic E-state index is 13.4. The molecular formula is C21H19N5O2S. The summed E-state index contributed by atoms with van der Waals surface area (Å²) in [5.74, 6) is 0.573. The molecule has 3 heterocycles. The highest BCUT2D eigenvalue weighted by atomic mass is 32.1. The van der Waals surface area contributed by atoms with E-state index in [9.17, 15) is 4.79 Å². The van der Waals surface area contributed by atoms with Gasteiger partial charge in [0.1, 0.15) is 10.8 Å². The SMILES string of the molecule is O=c1c2ccccc2nc(-c2ccccc2)n1-c1nnc(CN2CCOCC2)s1. The number of benzene rings is 2. The molecule has 4 aromatic rings. The highest BCUT2D eigenvalue weighted by Crippen LogP contribution is 2.24. The molecule has 0 atom stereocenters. The molecule has 1 aliphatic heterocycles. The fraction of sp³-hybridized carbons (Fsp3) is 0.238. The van der Waals surface area contributed by atoms with E-state index < -0.39 is 0 Å². The van der Waals surface area contributed by atoms with Crippen LogP contribution in [0, 0.1) is 0 Å². The Labute approximate surface area is 171 Å². The first-order valence-corrected chi connectivity index (χ1v) is 10.3. The van der Waals surface area contributed by atoms with E-state index in [2.05, 4.69) is 15.1 Å². The fourth-order valence-electron chi connectivity index (χ4n) is 3.44. The third-order valence-corrected chi connectivity index (χ3v) is 5.81. The monoisotopic (exact) mass is 405 g/mol. The minimum atomic E-state index is -0.136. The van der Waals surface area contributed by atoms with E-state index in [1.54, 1.807) is 10.6 Å². The van der Waals surface area contributed by atoms with Crippen LogP contribution < -0.4 is 5.56 Å². The van der Waals surface area contributed by atoms with Gasteiger partial charge in [-0.1, -0.05) is 53.8 Å². The number of morpholine rings is 1. The number of ether oxygens (including phenoxy) is 1. The van der Waals surface area contributed by atoms with Gasteiger partial charge in [-0.25, -0.2) is 9.55 Å². The Morgan fingerprint density at radius 3 is 2.55 bits per heavy atom. The minimum Gasteiger partial charge on any atom is -0.379 e. The lowest BCUT2D eigenvalue weighted by Crippen LogP contribution is -2.35. The summed E-state index contributed by atoms with van der Waals surface area (Å²) in [5, 5.41) is 10.7. The van der Waals surface area contributed by atoms with Crippen LogP contribution >= 0.6 is 11.3 Å². The second-order valence-electron chi connectivity index (χ2n) is 6.83. The summed E-state index contributed by atoms with van der Waals surface area (Å²) < 4.78 is 6.99. The van der Waals surface area contributed by atoms with Crippen molar-refractivity contribution in [2.45, 2.75) is 6.54 Å². The maximum atomic E-state index is 13.4. The third kappa shape index (κ3) is 3.57. The van der Waals surface area contributed by atoms with E-state index in [4.69, 9.17) is 9.72 Å². The average Bonchev–Trinajstić information content (AvgIpc) is 3.23. The van der Waals surface area contributed by atoms with E-state index >= 15 is 0 Å². The highest BCUT2D eigenvalue weighted by Gasteiger charge is 2.19. The molecule has 1 saturated heterocycles. The van der Waals surface area contributed by atoms with Crippen molar-refractivity contribution in [2.75, 3.05) is 26.3 Å². The van der Waals surface area contributed by atoms with Gasteiger partial charge in [0.05, 0.1) is 30.7 Å². The van der Waals surface area contributed by atoms with E-state index in [1.807, 2.05) is 48.5 Å². The summed E-state index contributed by atoms with van der Waals surface area (Å²) in [6.45, 7) is 3.93. The largest absolute Gasteiger partial charge is 0.379 e. The van der Waals surface area contributed by atoms with E-state index in [0.29, 0.717) is 28.4 Å². The van der Waals surface area contributed by atoms with Gasteiger partial charge >= 0.3 is 0 Å². The smallest absolute Gasteiger partial charge is 0.268 e. The molecule has 29 heavy (non-hydrogen) atoms. The van der Waals surface area contributed by atoms with E-state index in [0.717, 1.165) is 36.9 Å². The number of aromatic nitrogens is 4. The number of rotatable bonds is 4. The summed E-state index contributed by atoms with van der Waals surface area (Å²) in [5.41, 5.74) is 1.40. The summed E-state index contributed by atoms with van der Waals surface area (Å²) in [6.07, 6.45) is 0. The quantitative estimate of drug-likeness (QED) is 0.520. The molecule has 0 unspecified atom stereocenters. The van der Waals surface area contributed by atoms with Crippen molar-refractivity contribution >= 4 is 22.2 Å². The van der Waals surface area contributed by atoms with Crippen molar-refractivity contribution in [1.29, 1.82) is 0 Å². The normalized spacial score (nSPS) is 15.0. The van der Waals surface area contributed by atoms with Gasteiger partial charge in [-0.15, -0.1) is 10.2 Å². The molecule has 0 N–H and O–H groups in total. The van der Waals surface area contributed by atoms with E-state index in [1.165, 1.54) is 11.3 Å². The predicted molar refractivity (Wildman–Crippen MR) is 112 cm³/mol. The Balaban J connectivity index is 1.62. The van der Waals surface area contributed by atoms with Gasteiger partial charge in [-0.05, 0) is 12.1 Å². The van der Waals surface area contributed by atoms with E-state index in [-0.39, 0.29) is 5.56 Å². The third-order valence-electron chi connectivity index (χ3n) is 4.92. The van der Waals surface area contributed by atoms with Crippen molar-refractivity contribution in [3.8, 4) is 16.5 Å². The average molecular weight is 405 g/mol. The Kier molecular flexibility index (Phi) is 4.89. The van der Waals surface area contributed by atoms with Crippen molar-refractivity contribution in [2.24, 2.45) is 0 Å². The lowest BCUT2D eigenvalue weighted by atomic mass is 10.2. The first-order valence-electron chi connectivity index (χ1n) is 9.50. The molecule has 0 bridgehead atoms. The van der Waals surface area contributed by atoms with Gasteiger partial charge in [0.2, 0.25) is 5.13 Å². The predicted octanol–water partition coefficient (Wildman–Crippen LogP) is 2.74. The first-order chi connectivity index (χ1) is 14.3. The molecule has 7 nitrogen and oxygen atoms in total. The van der Waals surface area contributed by atoms with Crippen molar-refractivity contribution in [3.05, 3.63) is 70.0 Å². The van der Waals surface area contributed by atoms with Crippen molar-refractivity contribution in [1.82, 2.24) is 24.6 Å². The molecule has 0 amide bonds. The van der Waals surface area contributed by atoms with Gasteiger partial charge in [-0.2, -0.15) is 0 Å². The van der Waals surface area contributed by atoms with Crippen LogP contribution in [0.15, 0.2) is 59.4 Å². The van der Waals surface area contributed by atoms with Crippen LogP contribution in [-0.2, 0) is 11.3 Å². The van der Waals surface area contributed by atoms with Crippen molar-refractivity contribution in [3.63, 3.8) is 0 Å². The van der Waals surface area contributed by atoms with Crippen LogP contribution in [0.1, 0.15) is 5.01 Å². The van der Waals surface area contributed by atoms with Crippen LogP contribution in [0.3, 0.4) is 0 Å². The Hall–Kier alpha value is -2.94. The Morgan fingerprint density at radius 1 is 0.966 bits per heavy atom. The van der Waals surface area contributed by atoms with Crippen LogP contribution in [0.4, 0.5) is 0 Å². The molecule has 2 aromatic heterocycles. The highest BCUT2D eigenvalue weighted by molar-refractivity contribution is 7.13. The van der Waals surface area contributed by atoms with Crippen LogP contribution in [0.2, 0.25) is 0 Å². The van der Waals surface area contributed by atoms with Crippen LogP contribution in [0.25, 0.3) is 27.4 Å². The molecule has 2 aromatic carbocycles. The first kappa shape index (κ1) is 18.1. The van der Waals surface area contributed by atoms with Gasteiger partial charge in [0.25, 0.3) is 5.56 Å². The Bertz CT molecular complexity index is 1200. The summed E-state index contributed by atoms with van der Waals surface area (Å²) >= 11 is 1.43. The molecule has 8 heteroatoms. The number of hydrogen-bond donors (Lipinski definition) is 0. The molecule has 1 fully saturated rings. The van der Waals surface area contributed by atoms with Gasteiger partial charge in [0, 0.05) is 18.7 Å². The van der Waals surface area contributed by atoms with Gasteiger partial charge < -0.3 is 4.74 Å². The van der Waals surface area contributed by atoms with Gasteiger partial charge in [-0.3, -0.25) is 9.69 Å². The van der Waals surface area contributed by atoms with Gasteiger partial charge in [0.15, 0.2) is 0 Å². The topological polar surface area (TPSA) is 73.1 Å².